The summed E-state index contributed by atoms with van der Waals surface area (Å²) >= 11 is 1.57. The molecule has 0 saturated carbocycles. The van der Waals surface area contributed by atoms with Gasteiger partial charge in [0.1, 0.15) is 17.3 Å². The molecule has 0 bridgehead atoms. The maximum atomic E-state index is 12.9. The summed E-state index contributed by atoms with van der Waals surface area (Å²) in [4.78, 5) is 31.9. The number of benzene rings is 3. The maximum absolute atomic E-state index is 12.9. The van der Waals surface area contributed by atoms with E-state index in [2.05, 4.69) is 12.2 Å². The zero-order valence-electron chi connectivity index (χ0n) is 20.1. The molecule has 0 atom stereocenters. The van der Waals surface area contributed by atoms with Gasteiger partial charge in [-0.05, 0) is 48.7 Å². The Hall–Kier alpha value is -3.97. The molecule has 0 saturated heterocycles. The monoisotopic (exact) mass is 497 g/mol. The van der Waals surface area contributed by atoms with E-state index in [-0.39, 0.29) is 25.0 Å². The Labute approximate surface area is 214 Å². The lowest BCUT2D eigenvalue weighted by Crippen LogP contribution is -2.43. The van der Waals surface area contributed by atoms with E-state index in [9.17, 15) is 9.59 Å². The molecular formula is C29H27N3O3S. The molecule has 0 fully saturated rings. The minimum absolute atomic E-state index is 0.0947. The lowest BCUT2D eigenvalue weighted by atomic mass is 10.1. The van der Waals surface area contributed by atoms with Crippen molar-refractivity contribution in [3.8, 4) is 27.6 Å². The Balaban J connectivity index is 1.33. The molecule has 5 rings (SSSR count). The van der Waals surface area contributed by atoms with Crippen molar-refractivity contribution in [3.05, 3.63) is 83.7 Å². The van der Waals surface area contributed by atoms with Gasteiger partial charge in [-0.1, -0.05) is 55.8 Å². The number of amides is 2. The van der Waals surface area contributed by atoms with Gasteiger partial charge in [-0.2, -0.15) is 0 Å². The van der Waals surface area contributed by atoms with Gasteiger partial charge in [-0.3, -0.25) is 14.5 Å². The number of rotatable bonds is 8. The summed E-state index contributed by atoms with van der Waals surface area (Å²) in [6, 6.07) is 23.5. The number of aromatic nitrogens is 1. The predicted molar refractivity (Wildman–Crippen MR) is 145 cm³/mol. The SMILES string of the molecule is CCCCc1ccc(NC(=O)CN2C(=O)COc3ccc(-c4csc(-c5ccccc5)n4)cc32)cc1. The number of anilines is 2. The first-order valence-corrected chi connectivity index (χ1v) is 13.0. The van der Waals surface area contributed by atoms with Crippen molar-refractivity contribution in [1.29, 1.82) is 0 Å². The minimum Gasteiger partial charge on any atom is -0.482 e. The first-order valence-electron chi connectivity index (χ1n) is 12.1. The third kappa shape index (κ3) is 5.31. The first-order chi connectivity index (χ1) is 17.6. The highest BCUT2D eigenvalue weighted by molar-refractivity contribution is 7.13. The molecule has 1 aliphatic rings. The van der Waals surface area contributed by atoms with Gasteiger partial charge in [0, 0.05) is 22.2 Å². The normalized spacial score (nSPS) is 12.7. The number of ether oxygens (including phenoxy) is 1. The molecule has 2 amide bonds. The smallest absolute Gasteiger partial charge is 0.265 e. The zero-order chi connectivity index (χ0) is 24.9. The number of nitrogens with one attached hydrogen (secondary N) is 1. The number of aryl methyl sites for hydroxylation is 1. The topological polar surface area (TPSA) is 71.5 Å². The Kier molecular flexibility index (Phi) is 7.09. The van der Waals surface area contributed by atoms with E-state index in [4.69, 9.17) is 9.72 Å². The molecule has 0 unspecified atom stereocenters. The molecule has 1 N–H and O–H groups in total. The van der Waals surface area contributed by atoms with Crippen LogP contribution in [0.1, 0.15) is 25.3 Å². The number of nitrogens with zero attached hydrogens (tertiary/aromatic N) is 2. The number of hydrogen-bond donors (Lipinski definition) is 1. The second kappa shape index (κ2) is 10.7. The second-order valence-electron chi connectivity index (χ2n) is 8.70. The number of hydrogen-bond acceptors (Lipinski definition) is 5. The van der Waals surface area contributed by atoms with E-state index >= 15 is 0 Å². The van der Waals surface area contributed by atoms with Crippen LogP contribution >= 0.6 is 11.3 Å². The van der Waals surface area contributed by atoms with E-state index in [0.29, 0.717) is 17.1 Å². The van der Waals surface area contributed by atoms with Crippen LogP contribution in [-0.4, -0.2) is 29.9 Å². The van der Waals surface area contributed by atoms with Crippen LogP contribution in [0.3, 0.4) is 0 Å². The molecule has 0 spiro atoms. The molecule has 1 aromatic heterocycles. The fraction of sp³-hybridized carbons (Fsp3) is 0.207. The summed E-state index contributed by atoms with van der Waals surface area (Å²) < 4.78 is 5.64. The van der Waals surface area contributed by atoms with E-state index in [1.807, 2.05) is 78.2 Å². The van der Waals surface area contributed by atoms with Gasteiger partial charge in [-0.25, -0.2) is 4.98 Å². The summed E-state index contributed by atoms with van der Waals surface area (Å²) in [6.07, 6.45) is 3.31. The van der Waals surface area contributed by atoms with Crippen molar-refractivity contribution >= 4 is 34.5 Å². The quantitative estimate of drug-likeness (QED) is 0.315. The minimum atomic E-state index is -0.261. The van der Waals surface area contributed by atoms with Gasteiger partial charge >= 0.3 is 0 Å². The molecule has 0 aliphatic carbocycles. The van der Waals surface area contributed by atoms with Gasteiger partial charge in [0.15, 0.2) is 6.61 Å². The standard InChI is InChI=1S/C29H27N3O3S/c1-2-3-7-20-10-13-23(14-11-20)30-27(33)17-32-25-16-22(12-15-26(25)35-18-28(32)34)24-19-36-29(31-24)21-8-5-4-6-9-21/h4-6,8-16,19H,2-3,7,17-18H2,1H3,(H,30,33). The third-order valence-corrected chi connectivity index (χ3v) is 6.97. The molecule has 36 heavy (non-hydrogen) atoms. The van der Waals surface area contributed by atoms with Gasteiger partial charge in [0.2, 0.25) is 5.91 Å². The summed E-state index contributed by atoms with van der Waals surface area (Å²) in [6.45, 7) is 1.98. The molecule has 3 aromatic carbocycles. The van der Waals surface area contributed by atoms with Gasteiger partial charge in [-0.15, -0.1) is 11.3 Å². The van der Waals surface area contributed by atoms with Gasteiger partial charge in [0.25, 0.3) is 5.91 Å². The number of carbonyl (C=O) groups excluding carboxylic acids is 2. The summed E-state index contributed by atoms with van der Waals surface area (Å²) in [5.74, 6) is 0.0563. The number of fused-ring (bicyclic) bond motifs is 1. The molecule has 0 radical (unpaired) electrons. The van der Waals surface area contributed by atoms with Gasteiger partial charge < -0.3 is 10.1 Å². The highest BCUT2D eigenvalue weighted by atomic mass is 32.1. The first kappa shape index (κ1) is 23.8. The van der Waals surface area contributed by atoms with Crippen molar-refractivity contribution < 1.29 is 14.3 Å². The second-order valence-corrected chi connectivity index (χ2v) is 9.56. The predicted octanol–water partition coefficient (Wildman–Crippen LogP) is 6.18. The largest absolute Gasteiger partial charge is 0.482 e. The van der Waals surface area contributed by atoms with Crippen LogP contribution in [0.25, 0.3) is 21.8 Å². The van der Waals surface area contributed by atoms with E-state index in [0.717, 1.165) is 41.1 Å². The van der Waals surface area contributed by atoms with Crippen molar-refractivity contribution in [2.45, 2.75) is 26.2 Å². The maximum Gasteiger partial charge on any atom is 0.265 e. The lowest BCUT2D eigenvalue weighted by molar-refractivity contribution is -0.123. The highest BCUT2D eigenvalue weighted by Gasteiger charge is 2.28. The van der Waals surface area contributed by atoms with Crippen LogP contribution in [-0.2, 0) is 16.0 Å². The number of unbranched alkanes of at least 4 members (excludes halogenated alkanes) is 1. The van der Waals surface area contributed by atoms with Crippen LogP contribution < -0.4 is 15.0 Å². The molecule has 1 aliphatic heterocycles. The highest BCUT2D eigenvalue weighted by Crippen LogP contribution is 2.37. The van der Waals surface area contributed by atoms with E-state index in [1.54, 1.807) is 11.3 Å². The Bertz CT molecular complexity index is 1370. The van der Waals surface area contributed by atoms with Crippen LogP contribution in [0, 0.1) is 0 Å². The average Bonchev–Trinajstić information content (AvgIpc) is 3.41. The Morgan fingerprint density at radius 1 is 1.06 bits per heavy atom. The average molecular weight is 498 g/mol. The van der Waals surface area contributed by atoms with Gasteiger partial charge in [0.05, 0.1) is 11.4 Å². The van der Waals surface area contributed by atoms with Crippen LogP contribution in [0.2, 0.25) is 0 Å². The van der Waals surface area contributed by atoms with Crippen molar-refractivity contribution in [3.63, 3.8) is 0 Å². The molecule has 182 valence electrons. The molecule has 2 heterocycles. The van der Waals surface area contributed by atoms with Crippen LogP contribution in [0.15, 0.2) is 78.2 Å². The number of carbonyl (C=O) groups is 2. The summed E-state index contributed by atoms with van der Waals surface area (Å²) in [5, 5.41) is 5.83. The van der Waals surface area contributed by atoms with E-state index in [1.165, 1.54) is 10.5 Å². The zero-order valence-corrected chi connectivity index (χ0v) is 20.9. The summed E-state index contributed by atoms with van der Waals surface area (Å²) in [5.41, 5.74) is 5.26. The fourth-order valence-electron chi connectivity index (χ4n) is 4.13. The van der Waals surface area contributed by atoms with Crippen molar-refractivity contribution in [2.24, 2.45) is 0 Å². The number of thiazole rings is 1. The van der Waals surface area contributed by atoms with Crippen LogP contribution in [0.4, 0.5) is 11.4 Å². The van der Waals surface area contributed by atoms with E-state index < -0.39 is 0 Å². The Morgan fingerprint density at radius 3 is 2.64 bits per heavy atom. The Morgan fingerprint density at radius 2 is 1.86 bits per heavy atom. The van der Waals surface area contributed by atoms with Crippen molar-refractivity contribution in [2.75, 3.05) is 23.4 Å². The lowest BCUT2D eigenvalue weighted by Gasteiger charge is -2.29. The third-order valence-electron chi connectivity index (χ3n) is 6.08. The molecule has 4 aromatic rings. The molecular weight excluding hydrogens is 470 g/mol. The summed E-state index contributed by atoms with van der Waals surface area (Å²) in [7, 11) is 0. The molecule has 7 heteroatoms. The van der Waals surface area contributed by atoms with Crippen LogP contribution in [0.5, 0.6) is 5.75 Å². The fourth-order valence-corrected chi connectivity index (χ4v) is 4.97. The van der Waals surface area contributed by atoms with Crippen molar-refractivity contribution in [1.82, 2.24) is 4.98 Å². The molecule has 6 nitrogen and oxygen atoms in total.